The van der Waals surface area contributed by atoms with Crippen molar-refractivity contribution in [2.24, 2.45) is 0 Å². The Kier molecular flexibility index (Phi) is 5.23. The number of aryl methyl sites for hydroxylation is 2. The molecular formula is C21H24FN5O. The van der Waals surface area contributed by atoms with E-state index >= 15 is 0 Å². The zero-order valence-corrected chi connectivity index (χ0v) is 16.2. The summed E-state index contributed by atoms with van der Waals surface area (Å²) in [4.78, 5) is 11.2. The molecule has 0 amide bonds. The lowest BCUT2D eigenvalue weighted by atomic mass is 10.0. The molecule has 1 saturated heterocycles. The van der Waals surface area contributed by atoms with Crippen molar-refractivity contribution in [1.82, 2.24) is 20.2 Å². The smallest absolute Gasteiger partial charge is 0.165 e. The SMILES string of the molecule is Cc1cc(N2CCC(c3cc(CCOc4ccccc4F)[nH]n3)C2)nc(C)n1. The van der Waals surface area contributed by atoms with E-state index in [4.69, 9.17) is 4.74 Å². The highest BCUT2D eigenvalue weighted by atomic mass is 19.1. The van der Waals surface area contributed by atoms with Gasteiger partial charge in [-0.1, -0.05) is 12.1 Å². The Morgan fingerprint density at radius 2 is 2.07 bits per heavy atom. The topological polar surface area (TPSA) is 66.9 Å². The van der Waals surface area contributed by atoms with Crippen LogP contribution in [0.25, 0.3) is 0 Å². The van der Waals surface area contributed by atoms with Gasteiger partial charge in [-0.25, -0.2) is 14.4 Å². The van der Waals surface area contributed by atoms with E-state index in [0.29, 0.717) is 18.9 Å². The summed E-state index contributed by atoms with van der Waals surface area (Å²) in [5.74, 6) is 2.10. The Balaban J connectivity index is 1.34. The number of H-pyrrole nitrogens is 1. The number of hydrogen-bond acceptors (Lipinski definition) is 5. The summed E-state index contributed by atoms with van der Waals surface area (Å²) in [7, 11) is 0. The summed E-state index contributed by atoms with van der Waals surface area (Å²) in [6.45, 7) is 6.17. The number of aromatic nitrogens is 4. The molecule has 0 bridgehead atoms. The van der Waals surface area contributed by atoms with Crippen LogP contribution < -0.4 is 9.64 Å². The number of nitrogens with zero attached hydrogens (tertiary/aromatic N) is 4. The van der Waals surface area contributed by atoms with E-state index in [2.05, 4.69) is 31.1 Å². The number of nitrogens with one attached hydrogen (secondary N) is 1. The fourth-order valence-electron chi connectivity index (χ4n) is 3.62. The Bertz CT molecular complexity index is 937. The summed E-state index contributed by atoms with van der Waals surface area (Å²) < 4.78 is 19.1. The molecule has 0 spiro atoms. The minimum Gasteiger partial charge on any atom is -0.490 e. The summed E-state index contributed by atoms with van der Waals surface area (Å²) in [6, 6.07) is 10.6. The third-order valence-electron chi connectivity index (χ3n) is 5.00. The van der Waals surface area contributed by atoms with Crippen LogP contribution in [0, 0.1) is 19.7 Å². The Morgan fingerprint density at radius 1 is 1.21 bits per heavy atom. The van der Waals surface area contributed by atoms with E-state index in [9.17, 15) is 4.39 Å². The summed E-state index contributed by atoms with van der Waals surface area (Å²) in [5.41, 5.74) is 3.05. The maximum Gasteiger partial charge on any atom is 0.165 e. The summed E-state index contributed by atoms with van der Waals surface area (Å²) in [5, 5.41) is 7.58. The van der Waals surface area contributed by atoms with Crippen molar-refractivity contribution in [3.63, 3.8) is 0 Å². The molecular weight excluding hydrogens is 357 g/mol. The molecule has 1 fully saturated rings. The molecule has 4 rings (SSSR count). The van der Waals surface area contributed by atoms with Gasteiger partial charge in [0.15, 0.2) is 11.6 Å². The van der Waals surface area contributed by atoms with Gasteiger partial charge in [-0.2, -0.15) is 5.10 Å². The standard InChI is InChI=1S/C21H24FN5O/c1-14-11-21(24-15(2)23-14)27-9-7-16(13-27)19-12-17(25-26-19)8-10-28-20-6-4-3-5-18(20)22/h3-6,11-12,16H,7-10,13H2,1-2H3,(H,25,26). The van der Waals surface area contributed by atoms with Crippen LogP contribution in [0.15, 0.2) is 36.4 Å². The Morgan fingerprint density at radius 3 is 2.89 bits per heavy atom. The average Bonchev–Trinajstić information content (AvgIpc) is 3.32. The third-order valence-corrected chi connectivity index (χ3v) is 5.00. The van der Waals surface area contributed by atoms with E-state index in [1.165, 1.54) is 6.07 Å². The number of ether oxygens (including phenoxy) is 1. The van der Waals surface area contributed by atoms with Crippen molar-refractivity contribution in [2.75, 3.05) is 24.6 Å². The second-order valence-corrected chi connectivity index (χ2v) is 7.19. The van der Waals surface area contributed by atoms with E-state index < -0.39 is 0 Å². The Labute approximate surface area is 163 Å². The zero-order valence-electron chi connectivity index (χ0n) is 16.2. The third kappa shape index (κ3) is 4.13. The second kappa shape index (κ2) is 7.96. The molecule has 1 aliphatic rings. The largest absolute Gasteiger partial charge is 0.490 e. The molecule has 3 heterocycles. The van der Waals surface area contributed by atoms with E-state index in [0.717, 1.165) is 48.2 Å². The van der Waals surface area contributed by atoms with E-state index in [-0.39, 0.29) is 11.6 Å². The van der Waals surface area contributed by atoms with Gasteiger partial charge in [0, 0.05) is 42.9 Å². The number of benzene rings is 1. The predicted octanol–water partition coefficient (Wildman–Crippen LogP) is 3.57. The predicted molar refractivity (Wildman–Crippen MR) is 105 cm³/mol. The molecule has 1 N–H and O–H groups in total. The zero-order chi connectivity index (χ0) is 19.5. The molecule has 1 unspecified atom stereocenters. The van der Waals surface area contributed by atoms with Crippen molar-refractivity contribution in [3.8, 4) is 5.75 Å². The Hall–Kier alpha value is -2.96. The first-order chi connectivity index (χ1) is 13.6. The van der Waals surface area contributed by atoms with Crippen molar-refractivity contribution >= 4 is 5.82 Å². The molecule has 2 aromatic heterocycles. The molecule has 28 heavy (non-hydrogen) atoms. The van der Waals surface area contributed by atoms with Crippen LogP contribution in [0.1, 0.15) is 35.2 Å². The van der Waals surface area contributed by atoms with Gasteiger partial charge in [0.05, 0.1) is 12.3 Å². The molecule has 0 saturated carbocycles. The normalized spacial score (nSPS) is 16.5. The van der Waals surface area contributed by atoms with Crippen LogP contribution in [0.2, 0.25) is 0 Å². The average molecular weight is 381 g/mol. The molecule has 7 heteroatoms. The molecule has 6 nitrogen and oxygen atoms in total. The highest BCUT2D eigenvalue weighted by Gasteiger charge is 2.27. The van der Waals surface area contributed by atoms with Gasteiger partial charge in [-0.15, -0.1) is 0 Å². The minimum atomic E-state index is -0.339. The monoisotopic (exact) mass is 381 g/mol. The van der Waals surface area contributed by atoms with Gasteiger partial charge < -0.3 is 9.64 Å². The summed E-state index contributed by atoms with van der Waals surface area (Å²) in [6.07, 6.45) is 1.69. The van der Waals surface area contributed by atoms with E-state index in [1.807, 2.05) is 19.9 Å². The van der Waals surface area contributed by atoms with Gasteiger partial charge in [-0.3, -0.25) is 5.10 Å². The van der Waals surface area contributed by atoms with Gasteiger partial charge in [0.25, 0.3) is 0 Å². The van der Waals surface area contributed by atoms with Crippen LogP contribution in [-0.2, 0) is 6.42 Å². The lowest BCUT2D eigenvalue weighted by Gasteiger charge is -2.17. The molecule has 1 aliphatic heterocycles. The van der Waals surface area contributed by atoms with Gasteiger partial charge in [-0.05, 0) is 38.5 Å². The fourth-order valence-corrected chi connectivity index (χ4v) is 3.62. The van der Waals surface area contributed by atoms with Crippen LogP contribution in [-0.4, -0.2) is 39.9 Å². The second-order valence-electron chi connectivity index (χ2n) is 7.19. The van der Waals surface area contributed by atoms with Crippen LogP contribution >= 0.6 is 0 Å². The molecule has 1 atom stereocenters. The van der Waals surface area contributed by atoms with Crippen LogP contribution in [0.4, 0.5) is 10.2 Å². The lowest BCUT2D eigenvalue weighted by molar-refractivity contribution is 0.304. The van der Waals surface area contributed by atoms with Gasteiger partial charge >= 0.3 is 0 Å². The first-order valence-electron chi connectivity index (χ1n) is 9.57. The number of aromatic amines is 1. The van der Waals surface area contributed by atoms with Crippen molar-refractivity contribution in [3.05, 3.63) is 65.1 Å². The molecule has 0 radical (unpaired) electrons. The lowest BCUT2D eigenvalue weighted by Crippen LogP contribution is -2.21. The number of rotatable bonds is 6. The van der Waals surface area contributed by atoms with Gasteiger partial charge in [0.2, 0.25) is 0 Å². The highest BCUT2D eigenvalue weighted by molar-refractivity contribution is 5.42. The first kappa shape index (κ1) is 18.4. The van der Waals surface area contributed by atoms with E-state index in [1.54, 1.807) is 18.2 Å². The van der Waals surface area contributed by atoms with Crippen molar-refractivity contribution in [2.45, 2.75) is 32.6 Å². The molecule has 1 aromatic carbocycles. The van der Waals surface area contributed by atoms with Gasteiger partial charge in [0.1, 0.15) is 11.6 Å². The number of anilines is 1. The number of hydrogen-bond donors (Lipinski definition) is 1. The molecule has 3 aromatic rings. The number of para-hydroxylation sites is 1. The summed E-state index contributed by atoms with van der Waals surface area (Å²) >= 11 is 0. The fraction of sp³-hybridized carbons (Fsp3) is 0.381. The highest BCUT2D eigenvalue weighted by Crippen LogP contribution is 2.29. The minimum absolute atomic E-state index is 0.282. The van der Waals surface area contributed by atoms with Crippen molar-refractivity contribution < 1.29 is 9.13 Å². The van der Waals surface area contributed by atoms with Crippen LogP contribution in [0.3, 0.4) is 0 Å². The van der Waals surface area contributed by atoms with Crippen LogP contribution in [0.5, 0.6) is 5.75 Å². The van der Waals surface area contributed by atoms with Crippen molar-refractivity contribution in [1.29, 1.82) is 0 Å². The maximum atomic E-state index is 13.6. The maximum absolute atomic E-state index is 13.6. The quantitative estimate of drug-likeness (QED) is 0.707. The first-order valence-corrected chi connectivity index (χ1v) is 9.57. The molecule has 0 aliphatic carbocycles. The number of halogens is 1. The molecule has 146 valence electrons.